The Morgan fingerprint density at radius 3 is 2.29 bits per heavy atom. The van der Waals surface area contributed by atoms with Crippen molar-refractivity contribution in [2.75, 3.05) is 19.8 Å². The van der Waals surface area contributed by atoms with Gasteiger partial charge in [-0.15, -0.1) is 0 Å². The lowest BCUT2D eigenvalue weighted by Crippen LogP contribution is -2.42. The molecule has 0 bridgehead atoms. The molecule has 5 heteroatoms. The molecule has 24 heavy (non-hydrogen) atoms. The molecule has 1 aliphatic heterocycles. The standard InChI is InChI=1S/C19H36O5/c1-2-3-4-5-6-7-8-9-10-11-12-13-23-17(14-20)19-18(22)16(21)15-24-19/h3-4,16-22H,2,5-15H2,1H3/b4-3+/t16-,17+,18+,19+/m1/s1. The monoisotopic (exact) mass is 344 g/mol. The van der Waals surface area contributed by atoms with Crippen molar-refractivity contribution in [1.82, 2.24) is 0 Å². The van der Waals surface area contributed by atoms with Gasteiger partial charge in [-0.1, -0.05) is 51.2 Å². The van der Waals surface area contributed by atoms with Gasteiger partial charge in [-0.05, 0) is 25.7 Å². The molecule has 0 aliphatic carbocycles. The van der Waals surface area contributed by atoms with Crippen LogP contribution in [-0.4, -0.2) is 59.6 Å². The van der Waals surface area contributed by atoms with Crippen molar-refractivity contribution in [3.05, 3.63) is 12.2 Å². The zero-order valence-corrected chi connectivity index (χ0v) is 15.1. The lowest BCUT2D eigenvalue weighted by molar-refractivity contribution is -0.101. The zero-order valence-electron chi connectivity index (χ0n) is 15.1. The van der Waals surface area contributed by atoms with E-state index in [2.05, 4.69) is 19.1 Å². The molecule has 0 aromatic rings. The van der Waals surface area contributed by atoms with E-state index in [0.717, 1.165) is 19.3 Å². The van der Waals surface area contributed by atoms with E-state index in [4.69, 9.17) is 9.47 Å². The van der Waals surface area contributed by atoms with Gasteiger partial charge in [0.05, 0.1) is 13.2 Å². The molecule has 4 atom stereocenters. The van der Waals surface area contributed by atoms with Crippen LogP contribution in [0.4, 0.5) is 0 Å². The maximum Gasteiger partial charge on any atom is 0.114 e. The fourth-order valence-corrected chi connectivity index (χ4v) is 2.97. The largest absolute Gasteiger partial charge is 0.394 e. The maximum absolute atomic E-state index is 9.78. The van der Waals surface area contributed by atoms with E-state index in [1.54, 1.807) is 0 Å². The third kappa shape index (κ3) is 8.58. The predicted molar refractivity (Wildman–Crippen MR) is 94.9 cm³/mol. The lowest BCUT2D eigenvalue weighted by Gasteiger charge is -2.24. The molecule has 0 aromatic heterocycles. The molecule has 1 fully saturated rings. The van der Waals surface area contributed by atoms with Crippen molar-refractivity contribution in [2.24, 2.45) is 0 Å². The van der Waals surface area contributed by atoms with E-state index in [1.807, 2.05) is 0 Å². The van der Waals surface area contributed by atoms with Crippen molar-refractivity contribution in [3.63, 3.8) is 0 Å². The number of aliphatic hydroxyl groups is 3. The average molecular weight is 344 g/mol. The quantitative estimate of drug-likeness (QED) is 0.333. The van der Waals surface area contributed by atoms with Crippen LogP contribution in [0.15, 0.2) is 12.2 Å². The maximum atomic E-state index is 9.78. The summed E-state index contributed by atoms with van der Waals surface area (Å²) in [6.07, 6.45) is 12.2. The van der Waals surface area contributed by atoms with Gasteiger partial charge in [-0.3, -0.25) is 0 Å². The highest BCUT2D eigenvalue weighted by Gasteiger charge is 2.40. The van der Waals surface area contributed by atoms with Crippen LogP contribution in [0.3, 0.4) is 0 Å². The molecule has 5 nitrogen and oxygen atoms in total. The van der Waals surface area contributed by atoms with Crippen molar-refractivity contribution < 1.29 is 24.8 Å². The topological polar surface area (TPSA) is 79.2 Å². The summed E-state index contributed by atoms with van der Waals surface area (Å²) in [5, 5.41) is 28.6. The van der Waals surface area contributed by atoms with E-state index in [0.29, 0.717) is 6.61 Å². The normalized spacial score (nSPS) is 25.6. The molecular weight excluding hydrogens is 308 g/mol. The predicted octanol–water partition coefficient (Wildman–Crippen LogP) is 2.57. The van der Waals surface area contributed by atoms with Gasteiger partial charge in [0.2, 0.25) is 0 Å². The number of rotatable bonds is 14. The molecule has 0 amide bonds. The van der Waals surface area contributed by atoms with E-state index in [1.165, 1.54) is 38.5 Å². The van der Waals surface area contributed by atoms with Gasteiger partial charge in [-0.25, -0.2) is 0 Å². The van der Waals surface area contributed by atoms with Gasteiger partial charge in [0.1, 0.15) is 24.4 Å². The third-order valence-corrected chi connectivity index (χ3v) is 4.49. The zero-order chi connectivity index (χ0) is 17.6. The Kier molecular flexibility index (Phi) is 12.4. The molecular formula is C19H36O5. The molecule has 3 N–H and O–H groups in total. The second kappa shape index (κ2) is 13.8. The number of hydrogen-bond acceptors (Lipinski definition) is 5. The van der Waals surface area contributed by atoms with Crippen molar-refractivity contribution in [2.45, 2.75) is 89.1 Å². The molecule has 0 saturated carbocycles. The average Bonchev–Trinajstić information content (AvgIpc) is 2.92. The molecule has 0 unspecified atom stereocenters. The summed E-state index contributed by atoms with van der Waals surface area (Å²) in [7, 11) is 0. The molecule has 142 valence electrons. The Balaban J connectivity index is 1.94. The van der Waals surface area contributed by atoms with Crippen LogP contribution in [0.2, 0.25) is 0 Å². The smallest absolute Gasteiger partial charge is 0.114 e. The van der Waals surface area contributed by atoms with Crippen molar-refractivity contribution >= 4 is 0 Å². The highest BCUT2D eigenvalue weighted by atomic mass is 16.6. The Morgan fingerprint density at radius 1 is 1.04 bits per heavy atom. The summed E-state index contributed by atoms with van der Waals surface area (Å²) in [4.78, 5) is 0. The van der Waals surface area contributed by atoms with E-state index in [-0.39, 0.29) is 13.2 Å². The first-order valence-electron chi connectivity index (χ1n) is 9.55. The first-order valence-corrected chi connectivity index (χ1v) is 9.55. The van der Waals surface area contributed by atoms with Gasteiger partial charge in [0, 0.05) is 6.61 Å². The van der Waals surface area contributed by atoms with Crippen LogP contribution in [0.1, 0.15) is 64.7 Å². The minimum Gasteiger partial charge on any atom is -0.394 e. The summed E-state index contributed by atoms with van der Waals surface area (Å²) in [5.74, 6) is 0. The van der Waals surface area contributed by atoms with Crippen molar-refractivity contribution in [3.8, 4) is 0 Å². The van der Waals surface area contributed by atoms with Gasteiger partial charge >= 0.3 is 0 Å². The van der Waals surface area contributed by atoms with Gasteiger partial charge < -0.3 is 24.8 Å². The summed E-state index contributed by atoms with van der Waals surface area (Å²) < 4.78 is 10.9. The molecule has 0 aromatic carbocycles. The van der Waals surface area contributed by atoms with Gasteiger partial charge in [0.25, 0.3) is 0 Å². The van der Waals surface area contributed by atoms with Crippen LogP contribution in [-0.2, 0) is 9.47 Å². The lowest BCUT2D eigenvalue weighted by atomic mass is 10.1. The fourth-order valence-electron chi connectivity index (χ4n) is 2.97. The van der Waals surface area contributed by atoms with E-state index >= 15 is 0 Å². The first kappa shape index (κ1) is 21.6. The van der Waals surface area contributed by atoms with E-state index in [9.17, 15) is 15.3 Å². The second-order valence-electron chi connectivity index (χ2n) is 6.59. The Labute approximate surface area is 146 Å². The number of allylic oxidation sites excluding steroid dienone is 2. The molecule has 1 saturated heterocycles. The van der Waals surface area contributed by atoms with E-state index < -0.39 is 24.4 Å². The highest BCUT2D eigenvalue weighted by Crippen LogP contribution is 2.20. The molecule has 0 spiro atoms. The summed E-state index contributed by atoms with van der Waals surface area (Å²) in [6.45, 7) is 2.60. The number of hydrogen-bond donors (Lipinski definition) is 3. The van der Waals surface area contributed by atoms with Crippen LogP contribution in [0.5, 0.6) is 0 Å². The summed E-state index contributed by atoms with van der Waals surface area (Å²) in [6, 6.07) is 0. The second-order valence-corrected chi connectivity index (χ2v) is 6.59. The van der Waals surface area contributed by atoms with Crippen molar-refractivity contribution in [1.29, 1.82) is 0 Å². The minimum atomic E-state index is -0.977. The fraction of sp³-hybridized carbons (Fsp3) is 0.895. The molecule has 1 aliphatic rings. The molecule has 0 radical (unpaired) electrons. The number of unbranched alkanes of at least 4 members (excludes halogenated alkanes) is 7. The first-order chi connectivity index (χ1) is 11.7. The van der Waals surface area contributed by atoms with Crippen LogP contribution < -0.4 is 0 Å². The van der Waals surface area contributed by atoms with Gasteiger partial charge in [-0.2, -0.15) is 0 Å². The number of aliphatic hydroxyl groups excluding tert-OH is 3. The Hall–Kier alpha value is -0.460. The SMILES string of the molecule is CC/C=C/CCCCCCCCCO[C@@H](CO)[C@@H]1OC[C@@H](O)[C@@H]1O. The summed E-state index contributed by atoms with van der Waals surface area (Å²) >= 11 is 0. The van der Waals surface area contributed by atoms with Crippen LogP contribution in [0, 0.1) is 0 Å². The molecule has 1 heterocycles. The highest BCUT2D eigenvalue weighted by molar-refractivity contribution is 4.88. The Morgan fingerprint density at radius 2 is 1.71 bits per heavy atom. The minimum absolute atomic E-state index is 0.0972. The van der Waals surface area contributed by atoms with Crippen LogP contribution >= 0.6 is 0 Å². The van der Waals surface area contributed by atoms with Gasteiger partial charge in [0.15, 0.2) is 0 Å². The Bertz CT molecular complexity index is 321. The number of ether oxygens (including phenoxy) is 2. The third-order valence-electron chi connectivity index (χ3n) is 4.49. The van der Waals surface area contributed by atoms with Crippen LogP contribution in [0.25, 0.3) is 0 Å². The summed E-state index contributed by atoms with van der Waals surface area (Å²) in [5.41, 5.74) is 0. The molecule has 1 rings (SSSR count).